The Hall–Kier alpha value is -1.71. The number of fused-ring (bicyclic) bond motifs is 1. The Bertz CT molecular complexity index is 487. The number of ether oxygens (including phenoxy) is 2. The molecule has 122 valence electrons. The first-order valence-corrected chi connectivity index (χ1v) is 8.40. The van der Waals surface area contributed by atoms with Gasteiger partial charge in [-0.15, -0.1) is 0 Å². The summed E-state index contributed by atoms with van der Waals surface area (Å²) >= 11 is 0. The minimum Gasteiger partial charge on any atom is -0.454 e. The molecule has 1 aliphatic heterocycles. The lowest BCUT2D eigenvalue weighted by molar-refractivity contribution is -0.125. The van der Waals surface area contributed by atoms with Crippen LogP contribution in [-0.2, 0) is 11.3 Å². The van der Waals surface area contributed by atoms with Gasteiger partial charge >= 0.3 is 0 Å². The molecule has 1 unspecified atom stereocenters. The van der Waals surface area contributed by atoms with Crippen LogP contribution in [0.3, 0.4) is 0 Å². The van der Waals surface area contributed by atoms with Crippen molar-refractivity contribution in [1.82, 2.24) is 5.32 Å². The van der Waals surface area contributed by atoms with Crippen LogP contribution >= 0.6 is 0 Å². The summed E-state index contributed by atoms with van der Waals surface area (Å²) in [5.41, 5.74) is 1.04. The molecule has 0 spiro atoms. The highest BCUT2D eigenvalue weighted by Crippen LogP contribution is 2.32. The van der Waals surface area contributed by atoms with E-state index in [1.807, 2.05) is 18.2 Å². The zero-order valence-corrected chi connectivity index (χ0v) is 13.7. The van der Waals surface area contributed by atoms with E-state index in [0.29, 0.717) is 6.54 Å². The quantitative estimate of drug-likeness (QED) is 0.701. The summed E-state index contributed by atoms with van der Waals surface area (Å²) in [5, 5.41) is 3.05. The van der Waals surface area contributed by atoms with Crippen LogP contribution in [0, 0.1) is 5.92 Å². The van der Waals surface area contributed by atoms with Gasteiger partial charge in [-0.25, -0.2) is 0 Å². The van der Waals surface area contributed by atoms with E-state index in [1.54, 1.807) is 0 Å². The van der Waals surface area contributed by atoms with Crippen molar-refractivity contribution in [3.63, 3.8) is 0 Å². The first-order valence-electron chi connectivity index (χ1n) is 8.40. The lowest BCUT2D eigenvalue weighted by Crippen LogP contribution is -2.30. The summed E-state index contributed by atoms with van der Waals surface area (Å²) in [4.78, 5) is 12.3. The average Bonchev–Trinajstić information content (AvgIpc) is 3.00. The number of benzene rings is 1. The number of carbonyl (C=O) groups is 1. The van der Waals surface area contributed by atoms with Gasteiger partial charge in [0.2, 0.25) is 12.7 Å². The third kappa shape index (κ3) is 4.65. The van der Waals surface area contributed by atoms with E-state index in [4.69, 9.17) is 9.47 Å². The lowest BCUT2D eigenvalue weighted by Gasteiger charge is -2.15. The topological polar surface area (TPSA) is 47.6 Å². The highest BCUT2D eigenvalue weighted by molar-refractivity contribution is 5.78. The number of amides is 1. The van der Waals surface area contributed by atoms with E-state index in [9.17, 15) is 4.79 Å². The molecule has 0 radical (unpaired) electrons. The van der Waals surface area contributed by atoms with Gasteiger partial charge in [-0.2, -0.15) is 0 Å². The fourth-order valence-electron chi connectivity index (χ4n) is 2.72. The maximum atomic E-state index is 12.3. The van der Waals surface area contributed by atoms with Crippen LogP contribution in [0.25, 0.3) is 0 Å². The molecular formula is C18H27NO3. The lowest BCUT2D eigenvalue weighted by atomic mass is 9.97. The summed E-state index contributed by atoms with van der Waals surface area (Å²) in [6.45, 7) is 5.11. The molecule has 0 bridgehead atoms. The Labute approximate surface area is 133 Å². The van der Waals surface area contributed by atoms with Gasteiger partial charge in [-0.05, 0) is 30.5 Å². The van der Waals surface area contributed by atoms with Crippen molar-refractivity contribution in [3.8, 4) is 11.5 Å². The molecule has 0 aliphatic carbocycles. The molecule has 1 aliphatic rings. The normalized spacial score (nSPS) is 13.9. The third-order valence-electron chi connectivity index (χ3n) is 4.17. The molecule has 1 N–H and O–H groups in total. The van der Waals surface area contributed by atoms with Gasteiger partial charge in [0.05, 0.1) is 0 Å². The molecule has 0 saturated carbocycles. The maximum absolute atomic E-state index is 12.3. The zero-order chi connectivity index (χ0) is 15.8. The Morgan fingerprint density at radius 2 is 2.00 bits per heavy atom. The molecule has 2 rings (SSSR count). The number of rotatable bonds is 9. The monoisotopic (exact) mass is 305 g/mol. The first kappa shape index (κ1) is 16.7. The standard InChI is InChI=1S/C18H27NO3/c1-3-5-6-7-8-15(4-2)18(20)19-12-14-9-10-16-17(11-14)22-13-21-16/h9-11,15H,3-8,12-13H2,1-2H3,(H,19,20). The number of carbonyl (C=O) groups excluding carboxylic acids is 1. The van der Waals surface area contributed by atoms with Crippen LogP contribution in [0.2, 0.25) is 0 Å². The van der Waals surface area contributed by atoms with Crippen molar-refractivity contribution in [1.29, 1.82) is 0 Å². The van der Waals surface area contributed by atoms with Gasteiger partial charge in [0.1, 0.15) is 0 Å². The fraction of sp³-hybridized carbons (Fsp3) is 0.611. The fourth-order valence-corrected chi connectivity index (χ4v) is 2.72. The first-order chi connectivity index (χ1) is 10.7. The molecule has 1 amide bonds. The van der Waals surface area contributed by atoms with Crippen LogP contribution in [-0.4, -0.2) is 12.7 Å². The van der Waals surface area contributed by atoms with E-state index in [2.05, 4.69) is 19.2 Å². The number of hydrogen-bond acceptors (Lipinski definition) is 3. The van der Waals surface area contributed by atoms with Crippen LogP contribution in [0.4, 0.5) is 0 Å². The molecule has 0 aromatic heterocycles. The van der Waals surface area contributed by atoms with Gasteiger partial charge in [-0.3, -0.25) is 4.79 Å². The Balaban J connectivity index is 1.78. The molecule has 0 saturated heterocycles. The van der Waals surface area contributed by atoms with Crippen LogP contribution in [0.1, 0.15) is 57.9 Å². The summed E-state index contributed by atoms with van der Waals surface area (Å²) < 4.78 is 10.6. The molecule has 1 heterocycles. The predicted octanol–water partition coefficient (Wildman–Crippen LogP) is 4.03. The van der Waals surface area contributed by atoms with Gasteiger partial charge in [-0.1, -0.05) is 45.6 Å². The van der Waals surface area contributed by atoms with Gasteiger partial charge in [0.25, 0.3) is 0 Å². The molecule has 0 fully saturated rings. The highest BCUT2D eigenvalue weighted by atomic mass is 16.7. The second-order valence-corrected chi connectivity index (χ2v) is 5.86. The molecule has 1 aromatic carbocycles. The van der Waals surface area contributed by atoms with E-state index in [-0.39, 0.29) is 18.6 Å². The number of hydrogen-bond donors (Lipinski definition) is 1. The van der Waals surface area contributed by atoms with Crippen molar-refractivity contribution < 1.29 is 14.3 Å². The van der Waals surface area contributed by atoms with Crippen LogP contribution in [0.15, 0.2) is 18.2 Å². The minimum atomic E-state index is 0.130. The molecule has 4 nitrogen and oxygen atoms in total. The van der Waals surface area contributed by atoms with Crippen molar-refractivity contribution in [2.45, 2.75) is 58.9 Å². The van der Waals surface area contributed by atoms with E-state index >= 15 is 0 Å². The van der Waals surface area contributed by atoms with Gasteiger partial charge < -0.3 is 14.8 Å². The van der Waals surface area contributed by atoms with Crippen LogP contribution < -0.4 is 14.8 Å². The van der Waals surface area contributed by atoms with Crippen molar-refractivity contribution >= 4 is 5.91 Å². The second kappa shape index (κ2) is 8.66. The summed E-state index contributed by atoms with van der Waals surface area (Å²) in [6.07, 6.45) is 6.75. The predicted molar refractivity (Wildman–Crippen MR) is 87.0 cm³/mol. The molecule has 1 atom stereocenters. The summed E-state index contributed by atoms with van der Waals surface area (Å²) in [7, 11) is 0. The Morgan fingerprint density at radius 1 is 1.18 bits per heavy atom. The molecular weight excluding hydrogens is 278 g/mol. The van der Waals surface area contributed by atoms with Crippen molar-refractivity contribution in [3.05, 3.63) is 23.8 Å². The average molecular weight is 305 g/mol. The maximum Gasteiger partial charge on any atom is 0.231 e. The van der Waals surface area contributed by atoms with Crippen molar-refractivity contribution in [2.24, 2.45) is 5.92 Å². The van der Waals surface area contributed by atoms with Gasteiger partial charge in [0.15, 0.2) is 11.5 Å². The minimum absolute atomic E-state index is 0.130. The SMILES string of the molecule is CCCCCCC(CC)C(=O)NCc1ccc2c(c1)OCO2. The Kier molecular flexibility index (Phi) is 6.56. The smallest absolute Gasteiger partial charge is 0.231 e. The van der Waals surface area contributed by atoms with E-state index in [0.717, 1.165) is 36.3 Å². The van der Waals surface area contributed by atoms with E-state index < -0.39 is 0 Å². The number of unbranched alkanes of at least 4 members (excludes halogenated alkanes) is 3. The van der Waals surface area contributed by atoms with E-state index in [1.165, 1.54) is 19.3 Å². The summed E-state index contributed by atoms with van der Waals surface area (Å²) in [6, 6.07) is 5.80. The number of nitrogens with one attached hydrogen (secondary N) is 1. The highest BCUT2D eigenvalue weighted by Gasteiger charge is 2.17. The summed E-state index contributed by atoms with van der Waals surface area (Å²) in [5.74, 6) is 1.83. The largest absolute Gasteiger partial charge is 0.454 e. The van der Waals surface area contributed by atoms with Crippen LogP contribution in [0.5, 0.6) is 11.5 Å². The van der Waals surface area contributed by atoms with Gasteiger partial charge in [0, 0.05) is 12.5 Å². The van der Waals surface area contributed by atoms with Crippen molar-refractivity contribution in [2.75, 3.05) is 6.79 Å². The zero-order valence-electron chi connectivity index (χ0n) is 13.7. The second-order valence-electron chi connectivity index (χ2n) is 5.86. The third-order valence-corrected chi connectivity index (χ3v) is 4.17. The molecule has 22 heavy (non-hydrogen) atoms. The molecule has 1 aromatic rings. The Morgan fingerprint density at radius 3 is 2.77 bits per heavy atom. The molecule has 4 heteroatoms.